The van der Waals surface area contributed by atoms with E-state index >= 15 is 0 Å². The van der Waals surface area contributed by atoms with Gasteiger partial charge in [-0.3, -0.25) is 0 Å². The van der Waals surface area contributed by atoms with Crippen molar-refractivity contribution in [1.82, 2.24) is 15.5 Å². The summed E-state index contributed by atoms with van der Waals surface area (Å²) in [6, 6.07) is 58.7. The third kappa shape index (κ3) is 11.5. The van der Waals surface area contributed by atoms with Crippen molar-refractivity contribution in [1.29, 1.82) is 0 Å². The Kier molecular flexibility index (Phi) is 15.2. The molecule has 62 heavy (non-hydrogen) atoms. The fourth-order valence-electron chi connectivity index (χ4n) is 8.51. The molecule has 9 heteroatoms. The fourth-order valence-corrected chi connectivity index (χ4v) is 12.9. The van der Waals surface area contributed by atoms with Crippen LogP contribution in [-0.2, 0) is 6.42 Å². The van der Waals surface area contributed by atoms with E-state index in [1.165, 1.54) is 27.1 Å². The maximum absolute atomic E-state index is 13.2. The Balaban J connectivity index is 0.803. The molecule has 6 aromatic rings. The first-order chi connectivity index (χ1) is 30.2. The minimum atomic E-state index is -2.73. The summed E-state index contributed by atoms with van der Waals surface area (Å²) in [5.74, 6) is 1.59. The molecular formula is C53H62N4O4Si. The van der Waals surface area contributed by atoms with E-state index in [4.69, 9.17) is 9.16 Å². The van der Waals surface area contributed by atoms with Gasteiger partial charge < -0.3 is 35.1 Å². The second-order valence-electron chi connectivity index (χ2n) is 17.3. The number of carbonyl (C=O) groups excluding carboxylic acids is 1. The van der Waals surface area contributed by atoms with Gasteiger partial charge in [0.15, 0.2) is 0 Å². The van der Waals surface area contributed by atoms with Crippen LogP contribution in [0.1, 0.15) is 56.2 Å². The van der Waals surface area contributed by atoms with Crippen molar-refractivity contribution < 1.29 is 19.1 Å². The standard InChI is InChI=1S/C53H62N4O4Si/c1-53(2,3)62(49-20-12-6-13-21-49,50-22-14-7-15-23-50)61-48-30-28-47(29-31-48)60-40-46(58)38-54-35-32-41-24-26-44(27-25-41)56-45-33-36-57(37-34-45)52(59)55-39-51(42-16-8-4-9-17-42)43-18-10-5-11-19-43/h4-31,45-46,51,54,56,58H,32-40H2,1-3H3,(H,55,59). The van der Waals surface area contributed by atoms with E-state index in [2.05, 4.69) is 170 Å². The molecule has 1 aliphatic heterocycles. The van der Waals surface area contributed by atoms with Crippen molar-refractivity contribution in [2.75, 3.05) is 44.6 Å². The van der Waals surface area contributed by atoms with E-state index in [1.807, 2.05) is 41.3 Å². The number of ether oxygens (including phenoxy) is 1. The molecule has 0 radical (unpaired) electrons. The average molecular weight is 847 g/mol. The Labute approximate surface area is 369 Å². The van der Waals surface area contributed by atoms with Crippen molar-refractivity contribution in [3.63, 3.8) is 0 Å². The van der Waals surface area contributed by atoms with Crippen molar-refractivity contribution in [3.8, 4) is 11.5 Å². The highest BCUT2D eigenvalue weighted by Crippen LogP contribution is 2.38. The molecule has 1 saturated heterocycles. The number of aliphatic hydroxyl groups excluding tert-OH is 1. The van der Waals surface area contributed by atoms with Gasteiger partial charge in [-0.1, -0.05) is 154 Å². The van der Waals surface area contributed by atoms with Crippen LogP contribution in [0.25, 0.3) is 0 Å². The van der Waals surface area contributed by atoms with Crippen LogP contribution in [0.5, 0.6) is 11.5 Å². The largest absolute Gasteiger partial charge is 0.534 e. The molecule has 2 amide bonds. The van der Waals surface area contributed by atoms with E-state index in [0.717, 1.165) is 50.3 Å². The molecular weight excluding hydrogens is 785 g/mol. The fraction of sp³-hybridized carbons (Fsp3) is 0.302. The number of piperidine rings is 1. The van der Waals surface area contributed by atoms with Crippen LogP contribution < -0.4 is 35.5 Å². The lowest BCUT2D eigenvalue weighted by molar-refractivity contribution is 0.106. The van der Waals surface area contributed by atoms with Crippen LogP contribution in [0.4, 0.5) is 10.5 Å². The Bertz CT molecular complexity index is 2150. The number of amides is 2. The molecule has 322 valence electrons. The van der Waals surface area contributed by atoms with Crippen LogP contribution in [-0.4, -0.2) is 75.8 Å². The monoisotopic (exact) mass is 846 g/mol. The summed E-state index contributed by atoms with van der Waals surface area (Å²) < 4.78 is 13.1. The molecule has 1 fully saturated rings. The number of nitrogens with zero attached hydrogens (tertiary/aromatic N) is 1. The Morgan fingerprint density at radius 2 is 1.21 bits per heavy atom. The summed E-state index contributed by atoms with van der Waals surface area (Å²) in [6.45, 7) is 10.2. The maximum Gasteiger partial charge on any atom is 0.319 e. The lowest BCUT2D eigenvalue weighted by Crippen LogP contribution is -2.68. The highest BCUT2D eigenvalue weighted by atomic mass is 28.4. The minimum Gasteiger partial charge on any atom is -0.534 e. The van der Waals surface area contributed by atoms with Crippen LogP contribution in [0, 0.1) is 0 Å². The summed E-state index contributed by atoms with van der Waals surface area (Å²) in [4.78, 5) is 15.1. The summed E-state index contributed by atoms with van der Waals surface area (Å²) in [5, 5.41) is 23.3. The zero-order valence-electron chi connectivity index (χ0n) is 36.4. The third-order valence-corrected chi connectivity index (χ3v) is 16.8. The van der Waals surface area contributed by atoms with Crippen molar-refractivity contribution in [2.24, 2.45) is 0 Å². The molecule has 7 rings (SSSR count). The summed E-state index contributed by atoms with van der Waals surface area (Å²) in [6.07, 6.45) is 2.00. The summed E-state index contributed by atoms with van der Waals surface area (Å²) in [7, 11) is -2.73. The molecule has 1 unspecified atom stereocenters. The van der Waals surface area contributed by atoms with Crippen LogP contribution in [0.2, 0.25) is 5.04 Å². The quantitative estimate of drug-likeness (QED) is 0.0512. The van der Waals surface area contributed by atoms with Crippen molar-refractivity contribution >= 4 is 30.4 Å². The first-order valence-electron chi connectivity index (χ1n) is 22.1. The molecule has 0 saturated carbocycles. The molecule has 1 aliphatic rings. The van der Waals surface area contributed by atoms with Gasteiger partial charge in [-0.05, 0) is 94.3 Å². The Morgan fingerprint density at radius 1 is 0.694 bits per heavy atom. The number of urea groups is 1. The minimum absolute atomic E-state index is 0.00172. The Hall–Kier alpha value is -5.87. The topological polar surface area (TPSA) is 95.1 Å². The second kappa shape index (κ2) is 21.3. The number of likely N-dealkylation sites (tertiary alicyclic amines) is 1. The van der Waals surface area contributed by atoms with Gasteiger partial charge in [0.05, 0.1) is 0 Å². The highest BCUT2D eigenvalue weighted by molar-refractivity contribution is 7.00. The normalized spacial score (nSPS) is 14.0. The third-order valence-electron chi connectivity index (χ3n) is 11.9. The van der Waals surface area contributed by atoms with Crippen LogP contribution in [0.3, 0.4) is 0 Å². The number of hydrogen-bond donors (Lipinski definition) is 4. The van der Waals surface area contributed by atoms with Gasteiger partial charge in [0.25, 0.3) is 0 Å². The first kappa shape index (κ1) is 44.2. The number of nitrogens with one attached hydrogen (secondary N) is 3. The Morgan fingerprint density at radius 3 is 1.74 bits per heavy atom. The van der Waals surface area contributed by atoms with E-state index in [9.17, 15) is 9.90 Å². The second-order valence-corrected chi connectivity index (χ2v) is 21.5. The zero-order chi connectivity index (χ0) is 43.2. The molecule has 6 aromatic carbocycles. The van der Waals surface area contributed by atoms with Crippen molar-refractivity contribution in [2.45, 2.75) is 63.1 Å². The van der Waals surface area contributed by atoms with E-state index in [0.29, 0.717) is 24.9 Å². The summed E-state index contributed by atoms with van der Waals surface area (Å²) >= 11 is 0. The number of hydrogen-bond acceptors (Lipinski definition) is 6. The number of rotatable bonds is 18. The van der Waals surface area contributed by atoms with Gasteiger partial charge in [0.2, 0.25) is 0 Å². The average Bonchev–Trinajstić information content (AvgIpc) is 3.31. The zero-order valence-corrected chi connectivity index (χ0v) is 37.4. The molecule has 0 spiro atoms. The highest BCUT2D eigenvalue weighted by Gasteiger charge is 2.52. The molecule has 8 nitrogen and oxygen atoms in total. The molecule has 4 N–H and O–H groups in total. The first-order valence-corrected chi connectivity index (χ1v) is 24.0. The number of carbonyl (C=O) groups is 1. The van der Waals surface area contributed by atoms with Crippen LogP contribution >= 0.6 is 0 Å². The number of anilines is 1. The van der Waals surface area contributed by atoms with E-state index in [1.54, 1.807) is 0 Å². The molecule has 1 heterocycles. The van der Waals surface area contributed by atoms with Gasteiger partial charge in [-0.15, -0.1) is 0 Å². The predicted octanol–water partition coefficient (Wildman–Crippen LogP) is 8.62. The molecule has 0 aromatic heterocycles. The van der Waals surface area contributed by atoms with Crippen LogP contribution in [0.15, 0.2) is 170 Å². The van der Waals surface area contributed by atoms with Gasteiger partial charge in [0, 0.05) is 43.8 Å². The molecule has 0 aliphatic carbocycles. The SMILES string of the molecule is CC(C)(C)[Si](Oc1ccc(OCC(O)CNCCc2ccc(NC3CCN(C(=O)NCC(c4ccccc4)c4ccccc4)CC3)cc2)cc1)(c1ccccc1)c1ccccc1. The van der Waals surface area contributed by atoms with Gasteiger partial charge >= 0.3 is 14.3 Å². The molecule has 0 bridgehead atoms. The summed E-state index contributed by atoms with van der Waals surface area (Å²) in [5.41, 5.74) is 4.71. The van der Waals surface area contributed by atoms with Gasteiger partial charge in [-0.25, -0.2) is 4.79 Å². The maximum atomic E-state index is 13.2. The lowest BCUT2D eigenvalue weighted by Gasteiger charge is -2.43. The smallest absolute Gasteiger partial charge is 0.319 e. The lowest BCUT2D eigenvalue weighted by atomic mass is 9.91. The predicted molar refractivity (Wildman–Crippen MR) is 256 cm³/mol. The van der Waals surface area contributed by atoms with Gasteiger partial charge in [0.1, 0.15) is 24.2 Å². The van der Waals surface area contributed by atoms with E-state index in [-0.39, 0.29) is 23.6 Å². The number of aliphatic hydroxyl groups is 1. The molecule has 1 atom stereocenters. The van der Waals surface area contributed by atoms with Crippen molar-refractivity contribution in [3.05, 3.63) is 187 Å². The van der Waals surface area contributed by atoms with E-state index < -0.39 is 14.4 Å². The van der Waals surface area contributed by atoms with Gasteiger partial charge in [-0.2, -0.15) is 0 Å². The number of benzene rings is 6.